The first-order valence-corrected chi connectivity index (χ1v) is 7.43. The number of benzene rings is 1. The maximum Gasteiger partial charge on any atom is 0.276 e. The van der Waals surface area contributed by atoms with Crippen molar-refractivity contribution >= 4 is 23.2 Å². The molecule has 1 aliphatic heterocycles. The molecule has 2 heterocycles. The van der Waals surface area contributed by atoms with Gasteiger partial charge >= 0.3 is 0 Å². The highest BCUT2D eigenvalue weighted by Crippen LogP contribution is 2.17. The topological polar surface area (TPSA) is 59.0 Å². The van der Waals surface area contributed by atoms with Crippen LogP contribution in [0.2, 0.25) is 5.02 Å². The minimum Gasteiger partial charge on any atom is -0.321 e. The van der Waals surface area contributed by atoms with Crippen molar-refractivity contribution < 1.29 is 4.79 Å². The van der Waals surface area contributed by atoms with Crippen molar-refractivity contribution in [3.05, 3.63) is 47.2 Å². The zero-order valence-corrected chi connectivity index (χ0v) is 12.3. The highest BCUT2D eigenvalue weighted by molar-refractivity contribution is 6.30. The molecule has 1 atom stereocenters. The van der Waals surface area contributed by atoms with Crippen LogP contribution in [0.25, 0.3) is 0 Å². The van der Waals surface area contributed by atoms with Crippen molar-refractivity contribution in [1.82, 2.24) is 15.1 Å². The van der Waals surface area contributed by atoms with E-state index in [9.17, 15) is 4.79 Å². The van der Waals surface area contributed by atoms with Gasteiger partial charge in [0.15, 0.2) is 5.69 Å². The van der Waals surface area contributed by atoms with Gasteiger partial charge in [-0.15, -0.1) is 0 Å². The number of hydrogen-bond donors (Lipinski definition) is 2. The molecule has 0 spiro atoms. The van der Waals surface area contributed by atoms with E-state index in [1.807, 2.05) is 10.9 Å². The molecule has 0 aliphatic carbocycles. The first-order chi connectivity index (χ1) is 10.2. The SMILES string of the molecule is O=C(Nc1cccc(Cl)c1)c1ccn(C2CCCNC2)n1. The van der Waals surface area contributed by atoms with E-state index in [4.69, 9.17) is 11.6 Å². The molecule has 110 valence electrons. The van der Waals surface area contributed by atoms with Crippen LogP contribution in [-0.4, -0.2) is 28.8 Å². The third-order valence-corrected chi connectivity index (χ3v) is 3.80. The Labute approximate surface area is 128 Å². The number of carbonyl (C=O) groups is 1. The van der Waals surface area contributed by atoms with Crippen LogP contribution in [0.4, 0.5) is 5.69 Å². The van der Waals surface area contributed by atoms with Gasteiger partial charge in [-0.3, -0.25) is 9.48 Å². The number of carbonyl (C=O) groups excluding carboxylic acids is 1. The van der Waals surface area contributed by atoms with Crippen molar-refractivity contribution in [3.63, 3.8) is 0 Å². The van der Waals surface area contributed by atoms with Crippen LogP contribution >= 0.6 is 11.6 Å². The zero-order chi connectivity index (χ0) is 14.7. The summed E-state index contributed by atoms with van der Waals surface area (Å²) in [6.45, 7) is 1.96. The second kappa shape index (κ2) is 6.28. The van der Waals surface area contributed by atoms with Crippen molar-refractivity contribution in [2.75, 3.05) is 18.4 Å². The largest absolute Gasteiger partial charge is 0.321 e. The molecule has 6 heteroatoms. The van der Waals surface area contributed by atoms with E-state index in [0.29, 0.717) is 22.4 Å². The number of nitrogens with one attached hydrogen (secondary N) is 2. The smallest absolute Gasteiger partial charge is 0.276 e. The van der Waals surface area contributed by atoms with Gasteiger partial charge in [-0.1, -0.05) is 17.7 Å². The van der Waals surface area contributed by atoms with E-state index in [2.05, 4.69) is 15.7 Å². The Kier molecular flexibility index (Phi) is 4.22. The van der Waals surface area contributed by atoms with E-state index in [-0.39, 0.29) is 5.91 Å². The van der Waals surface area contributed by atoms with Crippen molar-refractivity contribution in [3.8, 4) is 0 Å². The van der Waals surface area contributed by atoms with Crippen LogP contribution in [0.15, 0.2) is 36.5 Å². The standard InChI is InChI=1S/C15H17ClN4O/c16-11-3-1-4-12(9-11)18-15(21)14-6-8-20(19-14)13-5-2-7-17-10-13/h1,3-4,6,8-9,13,17H,2,5,7,10H2,(H,18,21). The van der Waals surface area contributed by atoms with Crippen LogP contribution in [-0.2, 0) is 0 Å². The number of amides is 1. The van der Waals surface area contributed by atoms with Crippen molar-refractivity contribution in [2.45, 2.75) is 18.9 Å². The molecular formula is C15H17ClN4O. The Morgan fingerprint density at radius 1 is 1.43 bits per heavy atom. The molecule has 3 rings (SSSR count). The lowest BCUT2D eigenvalue weighted by Crippen LogP contribution is -2.32. The lowest BCUT2D eigenvalue weighted by Gasteiger charge is -2.22. The molecule has 5 nitrogen and oxygen atoms in total. The molecular weight excluding hydrogens is 288 g/mol. The summed E-state index contributed by atoms with van der Waals surface area (Å²) in [6.07, 6.45) is 4.09. The fraction of sp³-hybridized carbons (Fsp3) is 0.333. The lowest BCUT2D eigenvalue weighted by atomic mass is 10.1. The average Bonchev–Trinajstić information content (AvgIpc) is 2.98. The van der Waals surface area contributed by atoms with Crippen LogP contribution in [0.5, 0.6) is 0 Å². The van der Waals surface area contributed by atoms with Crippen LogP contribution < -0.4 is 10.6 Å². The molecule has 1 aliphatic rings. The van der Waals surface area contributed by atoms with Gasteiger partial charge in [0.25, 0.3) is 5.91 Å². The Balaban J connectivity index is 1.69. The molecule has 1 unspecified atom stereocenters. The van der Waals surface area contributed by atoms with Gasteiger partial charge in [-0.2, -0.15) is 5.10 Å². The summed E-state index contributed by atoms with van der Waals surface area (Å²) in [6, 6.07) is 9.14. The number of nitrogens with zero attached hydrogens (tertiary/aromatic N) is 2. The van der Waals surface area contributed by atoms with Gasteiger partial charge in [0, 0.05) is 23.5 Å². The first-order valence-electron chi connectivity index (χ1n) is 7.05. The van der Waals surface area contributed by atoms with E-state index in [0.717, 1.165) is 25.9 Å². The van der Waals surface area contributed by atoms with E-state index < -0.39 is 0 Å². The molecule has 1 aromatic heterocycles. The Hall–Kier alpha value is -1.85. The van der Waals surface area contributed by atoms with Gasteiger partial charge < -0.3 is 10.6 Å². The van der Waals surface area contributed by atoms with Gasteiger partial charge in [-0.05, 0) is 43.7 Å². The molecule has 0 radical (unpaired) electrons. The molecule has 0 bridgehead atoms. The fourth-order valence-electron chi connectivity index (χ4n) is 2.48. The molecule has 2 aromatic rings. The van der Waals surface area contributed by atoms with Crippen LogP contribution in [0.1, 0.15) is 29.4 Å². The summed E-state index contributed by atoms with van der Waals surface area (Å²) in [4.78, 5) is 12.2. The zero-order valence-electron chi connectivity index (χ0n) is 11.6. The predicted molar refractivity (Wildman–Crippen MR) is 82.8 cm³/mol. The third-order valence-electron chi connectivity index (χ3n) is 3.57. The summed E-state index contributed by atoms with van der Waals surface area (Å²) in [5, 5.41) is 11.1. The number of anilines is 1. The van der Waals surface area contributed by atoms with Gasteiger partial charge in [0.2, 0.25) is 0 Å². The maximum atomic E-state index is 12.2. The molecule has 0 saturated carbocycles. The molecule has 1 amide bonds. The summed E-state index contributed by atoms with van der Waals surface area (Å²) in [5.74, 6) is -0.222. The predicted octanol–water partition coefficient (Wildman–Crippen LogP) is 2.71. The second-order valence-electron chi connectivity index (χ2n) is 5.15. The summed E-state index contributed by atoms with van der Waals surface area (Å²) < 4.78 is 1.87. The molecule has 1 fully saturated rings. The number of halogens is 1. The number of hydrogen-bond acceptors (Lipinski definition) is 3. The third kappa shape index (κ3) is 3.43. The van der Waals surface area contributed by atoms with E-state index in [1.54, 1.807) is 30.3 Å². The van der Waals surface area contributed by atoms with Crippen LogP contribution in [0.3, 0.4) is 0 Å². The highest BCUT2D eigenvalue weighted by Gasteiger charge is 2.17. The highest BCUT2D eigenvalue weighted by atomic mass is 35.5. The van der Waals surface area contributed by atoms with Gasteiger partial charge in [0.05, 0.1) is 6.04 Å². The second-order valence-corrected chi connectivity index (χ2v) is 5.58. The Morgan fingerprint density at radius 3 is 3.10 bits per heavy atom. The summed E-state index contributed by atoms with van der Waals surface area (Å²) in [5.41, 5.74) is 1.09. The van der Waals surface area contributed by atoms with Crippen LogP contribution in [0, 0.1) is 0 Å². The Morgan fingerprint density at radius 2 is 2.33 bits per heavy atom. The minimum absolute atomic E-state index is 0.222. The first kappa shape index (κ1) is 14.1. The molecule has 2 N–H and O–H groups in total. The van der Waals surface area contributed by atoms with E-state index >= 15 is 0 Å². The number of rotatable bonds is 3. The normalized spacial score (nSPS) is 18.4. The quantitative estimate of drug-likeness (QED) is 0.916. The maximum absolute atomic E-state index is 12.2. The molecule has 1 aromatic carbocycles. The minimum atomic E-state index is -0.222. The van der Waals surface area contributed by atoms with E-state index in [1.165, 1.54) is 0 Å². The van der Waals surface area contributed by atoms with Gasteiger partial charge in [-0.25, -0.2) is 0 Å². The molecule has 1 saturated heterocycles. The Bertz CT molecular complexity index is 634. The number of aromatic nitrogens is 2. The summed E-state index contributed by atoms with van der Waals surface area (Å²) in [7, 11) is 0. The summed E-state index contributed by atoms with van der Waals surface area (Å²) >= 11 is 5.90. The fourth-order valence-corrected chi connectivity index (χ4v) is 2.67. The van der Waals surface area contributed by atoms with Gasteiger partial charge in [0.1, 0.15) is 0 Å². The number of piperidine rings is 1. The average molecular weight is 305 g/mol. The van der Waals surface area contributed by atoms with Crippen molar-refractivity contribution in [1.29, 1.82) is 0 Å². The lowest BCUT2D eigenvalue weighted by molar-refractivity contribution is 0.102. The monoisotopic (exact) mass is 304 g/mol. The molecule has 21 heavy (non-hydrogen) atoms. The van der Waals surface area contributed by atoms with Crippen molar-refractivity contribution in [2.24, 2.45) is 0 Å².